The number of carbonyl (C=O) groups excluding carboxylic acids is 1. The van der Waals surface area contributed by atoms with E-state index in [1.165, 1.54) is 0 Å². The lowest BCUT2D eigenvalue weighted by atomic mass is 9.69. The van der Waals surface area contributed by atoms with Crippen LogP contribution in [-0.4, -0.2) is 28.5 Å². The summed E-state index contributed by atoms with van der Waals surface area (Å²) in [7, 11) is 0. The Morgan fingerprint density at radius 3 is 2.62 bits per heavy atom. The molecule has 1 amide bonds. The summed E-state index contributed by atoms with van der Waals surface area (Å²) < 4.78 is 0. The largest absolute Gasteiger partial charge is 0.481 e. The summed E-state index contributed by atoms with van der Waals surface area (Å²) in [6.07, 6.45) is 2.14. The number of pyridine rings is 1. The number of fused-ring (bicyclic) bond motifs is 1. The molecule has 1 aliphatic carbocycles. The third-order valence-electron chi connectivity index (χ3n) is 4.18. The molecule has 1 aromatic carbocycles. The lowest BCUT2D eigenvalue weighted by Gasteiger charge is -2.37. The second-order valence-electron chi connectivity index (χ2n) is 5.51. The zero-order valence-corrected chi connectivity index (χ0v) is 11.5. The Labute approximate surface area is 122 Å². The van der Waals surface area contributed by atoms with E-state index in [1.807, 2.05) is 30.3 Å². The summed E-state index contributed by atoms with van der Waals surface area (Å²) in [5.41, 5.74) is 0.280. The van der Waals surface area contributed by atoms with Gasteiger partial charge in [-0.25, -0.2) is 4.98 Å². The van der Waals surface area contributed by atoms with Crippen molar-refractivity contribution in [3.05, 3.63) is 42.1 Å². The minimum atomic E-state index is -0.833. The molecule has 1 aromatic heterocycles. The van der Waals surface area contributed by atoms with Crippen molar-refractivity contribution in [1.29, 1.82) is 0 Å². The molecule has 1 fully saturated rings. The van der Waals surface area contributed by atoms with E-state index in [4.69, 9.17) is 0 Å². The molecule has 0 saturated heterocycles. The van der Waals surface area contributed by atoms with Crippen LogP contribution in [-0.2, 0) is 4.79 Å². The third kappa shape index (κ3) is 2.46. The van der Waals surface area contributed by atoms with Gasteiger partial charge in [-0.2, -0.15) is 0 Å². The molecule has 2 N–H and O–H groups in total. The first-order valence-electron chi connectivity index (χ1n) is 6.98. The topological polar surface area (TPSA) is 79.3 Å². The summed E-state index contributed by atoms with van der Waals surface area (Å²) in [6, 6.07) is 11.1. The van der Waals surface area contributed by atoms with Gasteiger partial charge in [0.1, 0.15) is 5.69 Å². The van der Waals surface area contributed by atoms with E-state index in [0.29, 0.717) is 18.5 Å². The van der Waals surface area contributed by atoms with Crippen LogP contribution in [0.5, 0.6) is 0 Å². The lowest BCUT2D eigenvalue weighted by Crippen LogP contribution is -2.47. The Morgan fingerprint density at radius 1 is 1.19 bits per heavy atom. The van der Waals surface area contributed by atoms with Crippen LogP contribution in [0.15, 0.2) is 36.4 Å². The summed E-state index contributed by atoms with van der Waals surface area (Å²) in [5.74, 6) is -1.16. The monoisotopic (exact) mass is 284 g/mol. The number of carbonyl (C=O) groups is 2. The molecule has 0 unspecified atom stereocenters. The molecule has 21 heavy (non-hydrogen) atoms. The highest BCUT2D eigenvalue weighted by Gasteiger charge is 2.44. The third-order valence-corrected chi connectivity index (χ3v) is 4.18. The van der Waals surface area contributed by atoms with Crippen molar-refractivity contribution in [3.63, 3.8) is 0 Å². The van der Waals surface area contributed by atoms with Gasteiger partial charge in [0.25, 0.3) is 5.91 Å². The normalized spacial score (nSPS) is 16.2. The van der Waals surface area contributed by atoms with Crippen LogP contribution in [0.4, 0.5) is 0 Å². The first-order valence-corrected chi connectivity index (χ1v) is 6.98. The van der Waals surface area contributed by atoms with E-state index in [2.05, 4.69) is 10.3 Å². The maximum atomic E-state index is 12.1. The van der Waals surface area contributed by atoms with Gasteiger partial charge in [0.2, 0.25) is 0 Å². The fourth-order valence-electron chi connectivity index (χ4n) is 2.60. The molecule has 108 valence electrons. The average Bonchev–Trinajstić information content (AvgIpc) is 2.45. The molecule has 3 rings (SSSR count). The van der Waals surface area contributed by atoms with Crippen LogP contribution in [0.3, 0.4) is 0 Å². The SMILES string of the molecule is O=C(NCC1(C(=O)O)CCC1)c1ccc2ccccc2n1. The summed E-state index contributed by atoms with van der Waals surface area (Å²) in [6.45, 7) is 0.162. The molecule has 1 aliphatic rings. The predicted molar refractivity (Wildman–Crippen MR) is 78.0 cm³/mol. The fraction of sp³-hybridized carbons (Fsp3) is 0.312. The van der Waals surface area contributed by atoms with Crippen LogP contribution in [0.1, 0.15) is 29.8 Å². The van der Waals surface area contributed by atoms with Crippen molar-refractivity contribution >= 4 is 22.8 Å². The van der Waals surface area contributed by atoms with E-state index in [1.54, 1.807) is 6.07 Å². The molecular weight excluding hydrogens is 268 g/mol. The van der Waals surface area contributed by atoms with Crippen molar-refractivity contribution in [3.8, 4) is 0 Å². The molecule has 1 heterocycles. The molecular formula is C16H16N2O3. The average molecular weight is 284 g/mol. The van der Waals surface area contributed by atoms with E-state index in [0.717, 1.165) is 17.3 Å². The predicted octanol–water partition coefficient (Wildman–Crippen LogP) is 2.22. The van der Waals surface area contributed by atoms with E-state index in [9.17, 15) is 14.7 Å². The van der Waals surface area contributed by atoms with Gasteiger partial charge in [0, 0.05) is 11.9 Å². The van der Waals surface area contributed by atoms with Gasteiger partial charge in [-0.3, -0.25) is 9.59 Å². The van der Waals surface area contributed by atoms with Crippen molar-refractivity contribution in [2.45, 2.75) is 19.3 Å². The molecule has 5 heteroatoms. The first-order chi connectivity index (χ1) is 10.1. The first kappa shape index (κ1) is 13.5. The minimum Gasteiger partial charge on any atom is -0.481 e. The van der Waals surface area contributed by atoms with E-state index < -0.39 is 11.4 Å². The molecule has 0 atom stereocenters. The van der Waals surface area contributed by atoms with Gasteiger partial charge in [-0.05, 0) is 25.0 Å². The van der Waals surface area contributed by atoms with Crippen molar-refractivity contribution < 1.29 is 14.7 Å². The number of hydrogen-bond donors (Lipinski definition) is 2. The highest BCUT2D eigenvalue weighted by Crippen LogP contribution is 2.40. The van der Waals surface area contributed by atoms with Crippen molar-refractivity contribution in [2.75, 3.05) is 6.54 Å². The Balaban J connectivity index is 1.73. The summed E-state index contributed by atoms with van der Waals surface area (Å²) in [4.78, 5) is 27.7. The number of para-hydroxylation sites is 1. The maximum Gasteiger partial charge on any atom is 0.311 e. The van der Waals surface area contributed by atoms with E-state index >= 15 is 0 Å². The minimum absolute atomic E-state index is 0.162. The Morgan fingerprint density at radius 2 is 1.95 bits per heavy atom. The van der Waals surface area contributed by atoms with Gasteiger partial charge >= 0.3 is 5.97 Å². The second kappa shape index (κ2) is 5.16. The van der Waals surface area contributed by atoms with Crippen molar-refractivity contribution in [2.24, 2.45) is 5.41 Å². The number of rotatable bonds is 4. The standard InChI is InChI=1S/C16H16N2O3/c19-14(17-10-16(15(20)21)8-3-9-16)13-7-6-11-4-1-2-5-12(11)18-13/h1-2,4-7H,3,8-10H2,(H,17,19)(H,20,21). The zero-order chi connectivity index (χ0) is 14.9. The summed E-state index contributed by atoms with van der Waals surface area (Å²) in [5, 5.41) is 12.9. The highest BCUT2D eigenvalue weighted by atomic mass is 16.4. The van der Waals surface area contributed by atoms with Gasteiger partial charge in [-0.1, -0.05) is 30.7 Å². The number of nitrogens with zero attached hydrogens (tertiary/aromatic N) is 1. The van der Waals surface area contributed by atoms with Crippen LogP contribution < -0.4 is 5.32 Å². The Hall–Kier alpha value is -2.43. The van der Waals surface area contributed by atoms with Crippen LogP contribution >= 0.6 is 0 Å². The quantitative estimate of drug-likeness (QED) is 0.902. The molecule has 0 spiro atoms. The Kier molecular flexibility index (Phi) is 3.33. The molecule has 0 aliphatic heterocycles. The van der Waals surface area contributed by atoms with Crippen LogP contribution in [0, 0.1) is 5.41 Å². The molecule has 5 nitrogen and oxygen atoms in total. The smallest absolute Gasteiger partial charge is 0.311 e. The molecule has 0 bridgehead atoms. The van der Waals surface area contributed by atoms with Gasteiger partial charge in [0.05, 0.1) is 10.9 Å². The summed E-state index contributed by atoms with van der Waals surface area (Å²) >= 11 is 0. The van der Waals surface area contributed by atoms with E-state index in [-0.39, 0.29) is 12.5 Å². The van der Waals surface area contributed by atoms with Gasteiger partial charge in [-0.15, -0.1) is 0 Å². The lowest BCUT2D eigenvalue weighted by molar-refractivity contribution is -0.153. The number of amides is 1. The zero-order valence-electron chi connectivity index (χ0n) is 11.5. The number of aromatic nitrogens is 1. The van der Waals surface area contributed by atoms with Gasteiger partial charge in [0.15, 0.2) is 0 Å². The number of hydrogen-bond acceptors (Lipinski definition) is 3. The molecule has 1 saturated carbocycles. The number of aliphatic carboxylic acids is 1. The highest BCUT2D eigenvalue weighted by molar-refractivity contribution is 5.95. The maximum absolute atomic E-state index is 12.1. The number of carboxylic acid groups (broad SMARTS) is 1. The Bertz CT molecular complexity index is 707. The number of benzene rings is 1. The number of carboxylic acids is 1. The van der Waals surface area contributed by atoms with Crippen molar-refractivity contribution in [1.82, 2.24) is 10.3 Å². The van der Waals surface area contributed by atoms with Crippen LogP contribution in [0.2, 0.25) is 0 Å². The number of nitrogens with one attached hydrogen (secondary N) is 1. The molecule has 2 aromatic rings. The van der Waals surface area contributed by atoms with Crippen LogP contribution in [0.25, 0.3) is 10.9 Å². The fourth-order valence-corrected chi connectivity index (χ4v) is 2.60. The second-order valence-corrected chi connectivity index (χ2v) is 5.51. The molecule has 0 radical (unpaired) electrons. The van der Waals surface area contributed by atoms with Gasteiger partial charge < -0.3 is 10.4 Å².